The second-order valence-corrected chi connectivity index (χ2v) is 9.94. The maximum absolute atomic E-state index is 12.7. The fourth-order valence-corrected chi connectivity index (χ4v) is 4.51. The molecule has 0 radical (unpaired) electrons. The van der Waals surface area contributed by atoms with E-state index in [1.54, 1.807) is 12.3 Å². The minimum atomic E-state index is -0.608. The van der Waals surface area contributed by atoms with Crippen molar-refractivity contribution in [2.24, 2.45) is 0 Å². The van der Waals surface area contributed by atoms with E-state index in [1.165, 1.54) is 0 Å². The van der Waals surface area contributed by atoms with E-state index in [0.717, 1.165) is 49.1 Å². The topological polar surface area (TPSA) is 98.8 Å². The van der Waals surface area contributed by atoms with Crippen LogP contribution in [0.1, 0.15) is 12.0 Å². The average molecular weight is 539 g/mol. The molecule has 4 rings (SSSR count). The zero-order valence-electron chi connectivity index (χ0n) is 21.7. The number of hydrogen-bond acceptors (Lipinski definition) is 7. The molecule has 3 aromatic rings. The zero-order valence-corrected chi connectivity index (χ0v) is 22.4. The van der Waals surface area contributed by atoms with Crippen LogP contribution < -0.4 is 16.0 Å². The average Bonchev–Trinajstić information content (AvgIpc) is 2.92. The molecule has 10 heteroatoms. The summed E-state index contributed by atoms with van der Waals surface area (Å²) in [6, 6.07) is 16.8. The van der Waals surface area contributed by atoms with Gasteiger partial charge in [0.2, 0.25) is 5.91 Å². The number of pyridine rings is 1. The van der Waals surface area contributed by atoms with Crippen LogP contribution >= 0.6 is 11.6 Å². The summed E-state index contributed by atoms with van der Waals surface area (Å²) in [4.78, 5) is 34.2. The largest absolute Gasteiger partial charge is 0.447 e. The lowest BCUT2D eigenvalue weighted by Crippen LogP contribution is -2.48. The summed E-state index contributed by atoms with van der Waals surface area (Å²) in [5.41, 5.74) is 0.927. The number of anilines is 1. The number of rotatable bonds is 11. The molecule has 1 saturated heterocycles. The lowest BCUT2D eigenvalue weighted by Gasteiger charge is -2.33. The number of nitrogens with one attached hydrogen (secondary N) is 3. The molecule has 2 amide bonds. The number of hydrogen-bond donors (Lipinski definition) is 3. The first kappa shape index (κ1) is 27.8. The van der Waals surface area contributed by atoms with Crippen LogP contribution in [0.5, 0.6) is 0 Å². The second kappa shape index (κ2) is 14.1. The maximum atomic E-state index is 12.7. The summed E-state index contributed by atoms with van der Waals surface area (Å²) in [5.74, 6) is 0.246. The van der Waals surface area contributed by atoms with E-state index >= 15 is 0 Å². The summed E-state index contributed by atoms with van der Waals surface area (Å²) >= 11 is 6.20. The van der Waals surface area contributed by atoms with Gasteiger partial charge >= 0.3 is 6.09 Å². The van der Waals surface area contributed by atoms with Crippen molar-refractivity contribution in [2.75, 3.05) is 58.2 Å². The minimum absolute atomic E-state index is 0.0589. The Bertz CT molecular complexity index is 1220. The van der Waals surface area contributed by atoms with Crippen LogP contribution in [0.25, 0.3) is 10.8 Å². The van der Waals surface area contributed by atoms with E-state index in [1.807, 2.05) is 48.5 Å². The van der Waals surface area contributed by atoms with E-state index in [2.05, 4.69) is 37.8 Å². The van der Waals surface area contributed by atoms with Crippen molar-refractivity contribution in [3.8, 4) is 0 Å². The van der Waals surface area contributed by atoms with Gasteiger partial charge < -0.3 is 25.2 Å². The van der Waals surface area contributed by atoms with Crippen LogP contribution in [-0.4, -0.2) is 85.7 Å². The van der Waals surface area contributed by atoms with Gasteiger partial charge in [0.25, 0.3) is 0 Å². The highest BCUT2D eigenvalue weighted by molar-refractivity contribution is 6.31. The van der Waals surface area contributed by atoms with E-state index in [4.69, 9.17) is 16.3 Å². The third-order valence-corrected chi connectivity index (χ3v) is 6.96. The molecule has 1 atom stereocenters. The number of likely N-dealkylation sites (N-methyl/N-ethyl adjacent to an activating group) is 1. The molecule has 0 bridgehead atoms. The molecule has 9 nitrogen and oxygen atoms in total. The van der Waals surface area contributed by atoms with E-state index in [-0.39, 0.29) is 25.1 Å². The van der Waals surface area contributed by atoms with Crippen molar-refractivity contribution in [1.29, 1.82) is 0 Å². The lowest BCUT2D eigenvalue weighted by atomic mass is 10.2. The Morgan fingerprint density at radius 2 is 1.79 bits per heavy atom. The molecule has 1 aromatic heterocycles. The van der Waals surface area contributed by atoms with Crippen LogP contribution in [0.2, 0.25) is 5.02 Å². The Morgan fingerprint density at radius 3 is 2.58 bits per heavy atom. The molecule has 1 aliphatic rings. The van der Waals surface area contributed by atoms with E-state index < -0.39 is 6.09 Å². The Hall–Kier alpha value is -3.24. The van der Waals surface area contributed by atoms with Gasteiger partial charge in [-0.1, -0.05) is 54.1 Å². The summed E-state index contributed by atoms with van der Waals surface area (Å²) in [7, 11) is 2.12. The summed E-state index contributed by atoms with van der Waals surface area (Å²) in [6.45, 7) is 5.46. The van der Waals surface area contributed by atoms with Gasteiger partial charge in [0.1, 0.15) is 12.4 Å². The van der Waals surface area contributed by atoms with Crippen molar-refractivity contribution >= 4 is 40.2 Å². The van der Waals surface area contributed by atoms with E-state index in [9.17, 15) is 9.59 Å². The minimum Gasteiger partial charge on any atom is -0.447 e. The predicted molar refractivity (Wildman–Crippen MR) is 150 cm³/mol. The molecule has 38 heavy (non-hydrogen) atoms. The number of amides is 2. The molecule has 2 heterocycles. The molecule has 0 saturated carbocycles. The van der Waals surface area contributed by atoms with Gasteiger partial charge in [0, 0.05) is 55.9 Å². The zero-order chi connectivity index (χ0) is 26.7. The van der Waals surface area contributed by atoms with Gasteiger partial charge in [-0.2, -0.15) is 0 Å². The van der Waals surface area contributed by atoms with Gasteiger partial charge in [-0.25, -0.2) is 9.78 Å². The molecular formula is C28H35ClN6O3. The van der Waals surface area contributed by atoms with Crippen molar-refractivity contribution in [2.45, 2.75) is 19.0 Å². The van der Waals surface area contributed by atoms with Crippen LogP contribution in [-0.2, 0) is 16.1 Å². The number of carbonyl (C=O) groups excluding carboxylic acids is 2. The molecule has 202 valence electrons. The highest BCUT2D eigenvalue weighted by atomic mass is 35.5. The number of piperazine rings is 1. The maximum Gasteiger partial charge on any atom is 0.412 e. The van der Waals surface area contributed by atoms with Gasteiger partial charge in [-0.05, 0) is 36.6 Å². The first-order valence-electron chi connectivity index (χ1n) is 12.9. The molecule has 1 aliphatic heterocycles. The van der Waals surface area contributed by atoms with Crippen molar-refractivity contribution in [1.82, 2.24) is 25.4 Å². The Morgan fingerprint density at radius 1 is 1.05 bits per heavy atom. The number of halogens is 1. The fourth-order valence-electron chi connectivity index (χ4n) is 4.31. The van der Waals surface area contributed by atoms with Crippen molar-refractivity contribution in [3.63, 3.8) is 0 Å². The molecule has 2 aromatic carbocycles. The first-order valence-corrected chi connectivity index (χ1v) is 13.3. The number of carbonyl (C=O) groups is 2. The lowest BCUT2D eigenvalue weighted by molar-refractivity contribution is -0.121. The number of benzene rings is 2. The normalized spacial score (nSPS) is 15.2. The number of aromatic nitrogens is 1. The highest BCUT2D eigenvalue weighted by Crippen LogP contribution is 2.16. The quantitative estimate of drug-likeness (QED) is 0.344. The number of nitrogens with zero attached hydrogens (tertiary/aromatic N) is 3. The number of ether oxygens (including phenoxy) is 1. The third kappa shape index (κ3) is 8.66. The monoisotopic (exact) mass is 538 g/mol. The van der Waals surface area contributed by atoms with Gasteiger partial charge in [0.05, 0.1) is 12.6 Å². The molecule has 1 fully saturated rings. The summed E-state index contributed by atoms with van der Waals surface area (Å²) in [6.07, 6.45) is 1.77. The Kier molecular flexibility index (Phi) is 10.3. The van der Waals surface area contributed by atoms with E-state index in [0.29, 0.717) is 23.8 Å². The van der Waals surface area contributed by atoms with Crippen LogP contribution in [0.15, 0.2) is 60.8 Å². The van der Waals surface area contributed by atoms with Crippen molar-refractivity contribution < 1.29 is 14.3 Å². The fraction of sp³-hybridized carbons (Fsp3) is 0.393. The van der Waals surface area contributed by atoms with Crippen LogP contribution in [0.4, 0.5) is 10.6 Å². The SMILES string of the molecule is CN1CCN(CC[C@@H](COC(=O)Nc2cc3ccccc3cn2)NC(=O)CNCc2ccccc2Cl)CC1. The van der Waals surface area contributed by atoms with Gasteiger partial charge in [0.15, 0.2) is 0 Å². The Labute approximate surface area is 228 Å². The molecule has 0 aliphatic carbocycles. The molecular weight excluding hydrogens is 504 g/mol. The molecule has 3 N–H and O–H groups in total. The van der Waals surface area contributed by atoms with Crippen LogP contribution in [0, 0.1) is 0 Å². The second-order valence-electron chi connectivity index (χ2n) is 9.53. The summed E-state index contributed by atoms with van der Waals surface area (Å²) in [5, 5.41) is 11.4. The standard InChI is InChI=1S/C28H35ClN6O3/c1-34-12-14-35(15-13-34)11-10-24(32-27(36)19-30-17-23-8-4-5-9-25(23)29)20-38-28(37)33-26-16-21-6-2-3-7-22(21)18-31-26/h2-9,16,18,24,30H,10-15,17,19-20H2,1H3,(H,32,36)(H,31,33,37)/t24-/m0/s1. The predicted octanol–water partition coefficient (Wildman–Crippen LogP) is 3.35. The highest BCUT2D eigenvalue weighted by Gasteiger charge is 2.19. The number of fused-ring (bicyclic) bond motifs is 1. The molecule has 0 unspecified atom stereocenters. The van der Waals surface area contributed by atoms with Crippen LogP contribution in [0.3, 0.4) is 0 Å². The smallest absolute Gasteiger partial charge is 0.412 e. The van der Waals surface area contributed by atoms with Gasteiger partial charge in [-0.3, -0.25) is 10.1 Å². The van der Waals surface area contributed by atoms with Crippen molar-refractivity contribution in [3.05, 3.63) is 71.4 Å². The first-order chi connectivity index (χ1) is 18.5. The third-order valence-electron chi connectivity index (χ3n) is 6.59. The molecule has 0 spiro atoms. The summed E-state index contributed by atoms with van der Waals surface area (Å²) < 4.78 is 5.50. The Balaban J connectivity index is 1.28. The van der Waals surface area contributed by atoms with Gasteiger partial charge in [-0.15, -0.1) is 0 Å².